The van der Waals surface area contributed by atoms with Gasteiger partial charge in [0.25, 0.3) is 5.91 Å². The van der Waals surface area contributed by atoms with E-state index in [1.165, 1.54) is 44.9 Å². The molecule has 1 aromatic heterocycles. The second kappa shape index (κ2) is 5.62. The van der Waals surface area contributed by atoms with E-state index in [-0.39, 0.29) is 5.91 Å². The summed E-state index contributed by atoms with van der Waals surface area (Å²) in [6.45, 7) is 0. The summed E-state index contributed by atoms with van der Waals surface area (Å²) in [5, 5.41) is 11.5. The summed E-state index contributed by atoms with van der Waals surface area (Å²) in [6, 6.07) is 5.99. The molecule has 1 aromatic carbocycles. The molecular weight excluding hydrogens is 288 g/mol. The molecule has 1 heterocycles. The number of hydrogen-bond donors (Lipinski definition) is 1. The zero-order valence-corrected chi connectivity index (χ0v) is 13.7. The number of amides is 1. The lowest BCUT2D eigenvalue weighted by atomic mass is 9.69. The lowest BCUT2D eigenvalue weighted by Crippen LogP contribution is -2.48. The van der Waals surface area contributed by atoms with Crippen LogP contribution in [0.1, 0.15) is 61.7 Å². The summed E-state index contributed by atoms with van der Waals surface area (Å²) >= 11 is 0. The maximum Gasteiger partial charge on any atom is 0.251 e. The Bertz CT molecular complexity index is 730. The van der Waals surface area contributed by atoms with Gasteiger partial charge in [-0.1, -0.05) is 30.9 Å². The van der Waals surface area contributed by atoms with Crippen molar-refractivity contribution >= 4 is 16.9 Å². The molecule has 122 valence electrons. The number of rotatable bonds is 2. The van der Waals surface area contributed by atoms with Crippen LogP contribution in [0.25, 0.3) is 11.0 Å². The van der Waals surface area contributed by atoms with Crippen LogP contribution in [0.2, 0.25) is 0 Å². The monoisotopic (exact) mass is 312 g/mol. The van der Waals surface area contributed by atoms with Crippen molar-refractivity contribution < 1.29 is 4.79 Å². The number of aromatic nitrogens is 3. The Hall–Kier alpha value is -1.91. The van der Waals surface area contributed by atoms with Crippen molar-refractivity contribution in [3.05, 3.63) is 23.8 Å². The Morgan fingerprint density at radius 2 is 1.96 bits per heavy atom. The molecule has 2 aliphatic carbocycles. The summed E-state index contributed by atoms with van der Waals surface area (Å²) in [4.78, 5) is 12.7. The first-order chi connectivity index (χ1) is 11.2. The van der Waals surface area contributed by atoms with Gasteiger partial charge in [-0.2, -0.15) is 0 Å². The molecule has 0 bridgehead atoms. The lowest BCUT2D eigenvalue weighted by molar-refractivity contribution is 0.0805. The molecule has 2 fully saturated rings. The van der Waals surface area contributed by atoms with Crippen molar-refractivity contribution in [1.82, 2.24) is 20.3 Å². The molecule has 1 atom stereocenters. The molecule has 5 heteroatoms. The van der Waals surface area contributed by atoms with E-state index in [2.05, 4.69) is 15.6 Å². The van der Waals surface area contributed by atoms with Gasteiger partial charge in [0.2, 0.25) is 0 Å². The second-order valence-electron chi connectivity index (χ2n) is 7.26. The first kappa shape index (κ1) is 14.7. The predicted molar refractivity (Wildman–Crippen MR) is 89.1 cm³/mol. The van der Waals surface area contributed by atoms with Gasteiger partial charge in [0.1, 0.15) is 5.52 Å². The van der Waals surface area contributed by atoms with Crippen LogP contribution in [-0.4, -0.2) is 26.9 Å². The zero-order chi connectivity index (χ0) is 15.9. The van der Waals surface area contributed by atoms with Crippen molar-refractivity contribution in [3.8, 4) is 0 Å². The van der Waals surface area contributed by atoms with Gasteiger partial charge < -0.3 is 5.32 Å². The number of nitrogens with one attached hydrogen (secondary N) is 1. The van der Waals surface area contributed by atoms with Crippen molar-refractivity contribution in [2.75, 3.05) is 0 Å². The highest BCUT2D eigenvalue weighted by Crippen LogP contribution is 2.49. The Balaban J connectivity index is 1.55. The van der Waals surface area contributed by atoms with E-state index in [0.29, 0.717) is 17.0 Å². The van der Waals surface area contributed by atoms with Crippen LogP contribution in [0.3, 0.4) is 0 Å². The van der Waals surface area contributed by atoms with E-state index in [4.69, 9.17) is 0 Å². The van der Waals surface area contributed by atoms with Crippen LogP contribution >= 0.6 is 0 Å². The molecule has 2 aliphatic rings. The number of hydrogen-bond acceptors (Lipinski definition) is 3. The van der Waals surface area contributed by atoms with Crippen molar-refractivity contribution in [2.45, 2.75) is 57.4 Å². The molecule has 5 nitrogen and oxygen atoms in total. The average molecular weight is 312 g/mol. The predicted octanol–water partition coefficient (Wildman–Crippen LogP) is 3.20. The SMILES string of the molecule is Cn1nnc2cc(C(=O)N[C@H]3CCCCC34CCCC4)ccc21. The molecule has 0 saturated heterocycles. The van der Waals surface area contributed by atoms with Crippen molar-refractivity contribution in [2.24, 2.45) is 12.5 Å². The Kier molecular flexibility index (Phi) is 3.58. The maximum absolute atomic E-state index is 12.7. The molecule has 1 N–H and O–H groups in total. The van der Waals surface area contributed by atoms with Crippen LogP contribution in [0.4, 0.5) is 0 Å². The van der Waals surface area contributed by atoms with Crippen LogP contribution in [0, 0.1) is 5.41 Å². The number of carbonyl (C=O) groups excluding carboxylic acids is 1. The second-order valence-corrected chi connectivity index (χ2v) is 7.26. The van der Waals surface area contributed by atoms with Crippen LogP contribution < -0.4 is 5.32 Å². The summed E-state index contributed by atoms with van der Waals surface area (Å²) in [5.41, 5.74) is 2.78. The van der Waals surface area contributed by atoms with E-state index in [1.54, 1.807) is 4.68 Å². The highest BCUT2D eigenvalue weighted by Gasteiger charge is 2.43. The van der Waals surface area contributed by atoms with Crippen molar-refractivity contribution in [3.63, 3.8) is 0 Å². The normalized spacial score (nSPS) is 23.4. The number of aryl methyl sites for hydroxylation is 1. The summed E-state index contributed by atoms with van der Waals surface area (Å²) in [6.07, 6.45) is 10.1. The number of nitrogens with zero attached hydrogens (tertiary/aromatic N) is 3. The third kappa shape index (κ3) is 2.52. The summed E-state index contributed by atoms with van der Waals surface area (Å²) in [5.74, 6) is 0.0377. The fraction of sp³-hybridized carbons (Fsp3) is 0.611. The molecule has 2 aromatic rings. The van der Waals surface area contributed by atoms with Crippen molar-refractivity contribution in [1.29, 1.82) is 0 Å². The number of fused-ring (bicyclic) bond motifs is 1. The minimum Gasteiger partial charge on any atom is -0.349 e. The lowest BCUT2D eigenvalue weighted by Gasteiger charge is -2.42. The minimum absolute atomic E-state index is 0.0377. The van der Waals surface area contributed by atoms with Gasteiger partial charge in [-0.05, 0) is 49.3 Å². The molecule has 0 aliphatic heterocycles. The Morgan fingerprint density at radius 3 is 2.74 bits per heavy atom. The first-order valence-corrected chi connectivity index (χ1v) is 8.78. The van der Waals surface area contributed by atoms with Gasteiger partial charge in [0.15, 0.2) is 0 Å². The molecule has 23 heavy (non-hydrogen) atoms. The largest absolute Gasteiger partial charge is 0.349 e. The molecular formula is C18H24N4O. The van der Waals surface area contributed by atoms with Gasteiger partial charge in [0, 0.05) is 18.7 Å². The highest BCUT2D eigenvalue weighted by atomic mass is 16.1. The van der Waals surface area contributed by atoms with Crippen LogP contribution in [-0.2, 0) is 7.05 Å². The minimum atomic E-state index is 0.0377. The van der Waals surface area contributed by atoms with Crippen LogP contribution in [0.5, 0.6) is 0 Å². The number of benzene rings is 1. The zero-order valence-electron chi connectivity index (χ0n) is 13.7. The van der Waals surface area contributed by atoms with Gasteiger partial charge in [-0.3, -0.25) is 4.79 Å². The van der Waals surface area contributed by atoms with Crippen LogP contribution in [0.15, 0.2) is 18.2 Å². The average Bonchev–Trinajstić information content (AvgIpc) is 3.17. The van der Waals surface area contributed by atoms with E-state index in [0.717, 1.165) is 17.5 Å². The smallest absolute Gasteiger partial charge is 0.251 e. The Labute approximate surface area is 136 Å². The summed E-state index contributed by atoms with van der Waals surface area (Å²) < 4.78 is 1.73. The fourth-order valence-electron chi connectivity index (χ4n) is 4.63. The van der Waals surface area contributed by atoms with Gasteiger partial charge in [-0.15, -0.1) is 5.10 Å². The fourth-order valence-corrected chi connectivity index (χ4v) is 4.63. The van der Waals surface area contributed by atoms with Gasteiger partial charge in [-0.25, -0.2) is 4.68 Å². The molecule has 1 spiro atoms. The van der Waals surface area contributed by atoms with E-state index in [1.807, 2.05) is 25.2 Å². The van der Waals surface area contributed by atoms with Gasteiger partial charge >= 0.3 is 0 Å². The highest BCUT2D eigenvalue weighted by molar-refractivity contribution is 5.97. The number of carbonyl (C=O) groups is 1. The molecule has 1 amide bonds. The summed E-state index contributed by atoms with van der Waals surface area (Å²) in [7, 11) is 1.86. The van der Waals surface area contributed by atoms with Gasteiger partial charge in [0.05, 0.1) is 5.52 Å². The van der Waals surface area contributed by atoms with E-state index >= 15 is 0 Å². The molecule has 0 radical (unpaired) electrons. The molecule has 0 unspecified atom stereocenters. The molecule has 4 rings (SSSR count). The first-order valence-electron chi connectivity index (χ1n) is 8.78. The quantitative estimate of drug-likeness (QED) is 0.926. The van der Waals surface area contributed by atoms with E-state index in [9.17, 15) is 4.79 Å². The van der Waals surface area contributed by atoms with E-state index < -0.39 is 0 Å². The topological polar surface area (TPSA) is 59.8 Å². The standard InChI is InChI=1S/C18H24N4O/c1-22-15-8-7-13(12-14(15)20-21-22)17(23)19-16-6-2-3-9-18(16)10-4-5-11-18/h7-8,12,16H,2-6,9-11H2,1H3,(H,19,23)/t16-/m0/s1. The third-order valence-electron chi connectivity index (χ3n) is 5.93. The molecule has 2 saturated carbocycles. The maximum atomic E-state index is 12.7. The third-order valence-corrected chi connectivity index (χ3v) is 5.93. The Morgan fingerprint density at radius 1 is 1.22 bits per heavy atom.